The third kappa shape index (κ3) is 13.0. The minimum Gasteiger partial charge on any atom is -0.490 e. The number of furan rings is 1. The van der Waals surface area contributed by atoms with Crippen molar-refractivity contribution in [3.63, 3.8) is 0 Å². The second kappa shape index (κ2) is 27.7. The topological polar surface area (TPSA) is 53.3 Å². The molecular formula is C86H76N2O2S. The summed E-state index contributed by atoms with van der Waals surface area (Å²) >= 11 is 3.03. The van der Waals surface area contributed by atoms with Crippen molar-refractivity contribution in [2.45, 2.75) is 66.4 Å². The summed E-state index contributed by atoms with van der Waals surface area (Å²) in [5.74, 6) is 1.61. The van der Waals surface area contributed by atoms with Crippen LogP contribution in [0.15, 0.2) is 296 Å². The minimum absolute atomic E-state index is 0.335. The SMILES string of the molecule is C/C=C(\C=C(/C)c1cccc(C2=CC(c3cccc(-c4ccccc4)c3)=CCC2)c1)c1cccc(-c2cccc(-c3ccc4oc5ccc(-n6c7ccccc7c7cc(-c8ccccc8)ccc76)cc5c4c3)c2)c1.C=CC.Cc1ccc2c(c1)C(C)C(C)O2.NS. The highest BCUT2D eigenvalue weighted by Crippen LogP contribution is 2.41. The maximum absolute atomic E-state index is 6.49. The fraction of sp³-hybridized carbons (Fsp3) is 0.116. The van der Waals surface area contributed by atoms with E-state index in [9.17, 15) is 0 Å². The predicted octanol–water partition coefficient (Wildman–Crippen LogP) is 24.0. The van der Waals surface area contributed by atoms with E-state index in [4.69, 9.17) is 9.15 Å². The van der Waals surface area contributed by atoms with Crippen LogP contribution >= 0.6 is 12.8 Å². The van der Waals surface area contributed by atoms with E-state index in [1.807, 2.05) is 6.92 Å². The van der Waals surface area contributed by atoms with Gasteiger partial charge in [0.25, 0.3) is 0 Å². The Hall–Kier alpha value is -10.2. The number of para-hydroxylation sites is 1. The van der Waals surface area contributed by atoms with Gasteiger partial charge in [-0.1, -0.05) is 219 Å². The monoisotopic (exact) mass is 1200 g/mol. The molecule has 0 fully saturated rings. The smallest absolute Gasteiger partial charge is 0.135 e. The average molecular weight is 1200 g/mol. The molecule has 448 valence electrons. The Morgan fingerprint density at radius 1 is 0.505 bits per heavy atom. The zero-order valence-electron chi connectivity index (χ0n) is 52.7. The van der Waals surface area contributed by atoms with Gasteiger partial charge in [0.15, 0.2) is 0 Å². The van der Waals surface area contributed by atoms with Gasteiger partial charge in [-0.2, -0.15) is 0 Å². The lowest BCUT2D eigenvalue weighted by Crippen LogP contribution is -2.10. The van der Waals surface area contributed by atoms with Gasteiger partial charge >= 0.3 is 0 Å². The first-order valence-electron chi connectivity index (χ1n) is 31.5. The number of benzene rings is 11. The zero-order chi connectivity index (χ0) is 63.0. The third-order valence-electron chi connectivity index (χ3n) is 17.7. The summed E-state index contributed by atoms with van der Waals surface area (Å²) in [5.41, 5.74) is 27.6. The lowest BCUT2D eigenvalue weighted by Gasteiger charge is -2.16. The van der Waals surface area contributed by atoms with Gasteiger partial charge in [0, 0.05) is 38.7 Å². The normalized spacial score (nSPS) is 14.5. The molecule has 15 rings (SSSR count). The van der Waals surface area contributed by atoms with Crippen LogP contribution in [0.4, 0.5) is 0 Å². The lowest BCUT2D eigenvalue weighted by atomic mass is 9.88. The largest absolute Gasteiger partial charge is 0.490 e. The highest BCUT2D eigenvalue weighted by Gasteiger charge is 2.27. The van der Waals surface area contributed by atoms with Crippen molar-refractivity contribution in [1.82, 2.24) is 4.57 Å². The van der Waals surface area contributed by atoms with Crippen molar-refractivity contribution in [3.05, 3.63) is 325 Å². The molecule has 0 bridgehead atoms. The summed E-state index contributed by atoms with van der Waals surface area (Å²) in [6.07, 6.45) is 13.5. The Morgan fingerprint density at radius 3 is 1.75 bits per heavy atom. The van der Waals surface area contributed by atoms with E-state index in [2.05, 4.69) is 343 Å². The van der Waals surface area contributed by atoms with Gasteiger partial charge in [-0.15, -0.1) is 19.4 Å². The Balaban J connectivity index is 0.000000412. The zero-order valence-corrected chi connectivity index (χ0v) is 53.6. The molecule has 2 aliphatic rings. The molecule has 2 unspecified atom stereocenters. The standard InChI is InChI=1S/C72H53NO.C11H14O.C3H6.H3NS/c1-3-49(39-48(2)52-21-12-24-55(40-52)58-27-15-28-59(43-58)57-26-14-23-54(42-57)50-17-6-4-7-18-50)53-22-13-25-56(41-53)60-29-16-30-61(44-60)63-34-37-71-67(46-63)68-47-64(35-38-72(68)74-71)73-69-32-11-10-31-65(69)66-45-62(33-36-70(66)73)51-19-8-5-9-20-51;1-7-4-5-11-10(6-7)8(2)9(3)12-11;1-3-2;1-2/h3-14,16-26,28-47H,15,27H2,1-2H3;4-6,8-9H,1-3H3;3H,1H2,2H3;2H,1H2/b48-39+,49-3+;;;. The number of aromatic nitrogens is 1. The molecule has 13 aromatic rings. The molecule has 5 heteroatoms. The number of fused-ring (bicyclic) bond motifs is 7. The Kier molecular flexibility index (Phi) is 18.6. The van der Waals surface area contributed by atoms with Crippen LogP contribution < -0.4 is 9.88 Å². The maximum Gasteiger partial charge on any atom is 0.135 e. The van der Waals surface area contributed by atoms with Crippen molar-refractivity contribution in [3.8, 4) is 55.9 Å². The fourth-order valence-corrected chi connectivity index (χ4v) is 12.8. The molecule has 0 saturated heterocycles. The van der Waals surface area contributed by atoms with Gasteiger partial charge < -0.3 is 13.7 Å². The molecule has 0 radical (unpaired) electrons. The third-order valence-corrected chi connectivity index (χ3v) is 17.7. The number of nitrogens with zero attached hydrogens (tertiary/aromatic N) is 1. The van der Waals surface area contributed by atoms with Gasteiger partial charge in [-0.05, 0) is 215 Å². The van der Waals surface area contributed by atoms with Gasteiger partial charge in [0.1, 0.15) is 23.0 Å². The van der Waals surface area contributed by atoms with Crippen molar-refractivity contribution in [1.29, 1.82) is 0 Å². The molecule has 4 nitrogen and oxygen atoms in total. The van der Waals surface area contributed by atoms with Crippen LogP contribution in [0.25, 0.3) is 116 Å². The first-order chi connectivity index (χ1) is 44.6. The Morgan fingerprint density at radius 2 is 1.03 bits per heavy atom. The molecule has 0 saturated carbocycles. The molecule has 11 aromatic carbocycles. The van der Waals surface area contributed by atoms with Crippen molar-refractivity contribution in [2.75, 3.05) is 0 Å². The molecule has 1 aliphatic carbocycles. The number of hydrogen-bond acceptors (Lipinski definition) is 4. The summed E-state index contributed by atoms with van der Waals surface area (Å²) < 4.78 is 14.6. The van der Waals surface area contributed by atoms with Gasteiger partial charge in [0.05, 0.1) is 11.0 Å². The minimum atomic E-state index is 0.335. The molecule has 0 amide bonds. The molecule has 91 heavy (non-hydrogen) atoms. The highest BCUT2D eigenvalue weighted by molar-refractivity contribution is 7.77. The van der Waals surface area contributed by atoms with Crippen LogP contribution in [0.2, 0.25) is 0 Å². The quantitative estimate of drug-likeness (QED) is 0.0815. The second-order valence-corrected chi connectivity index (χ2v) is 23.6. The number of allylic oxidation sites excluding steroid dienone is 9. The van der Waals surface area contributed by atoms with Gasteiger partial charge in [-0.25, -0.2) is 0 Å². The van der Waals surface area contributed by atoms with Crippen molar-refractivity contribution >= 4 is 78.9 Å². The van der Waals surface area contributed by atoms with Crippen LogP contribution in [-0.2, 0) is 0 Å². The average Bonchev–Trinajstić information content (AvgIpc) is 1.60. The van der Waals surface area contributed by atoms with Crippen LogP contribution in [0.1, 0.15) is 86.8 Å². The first-order valence-corrected chi connectivity index (χ1v) is 32.0. The first kappa shape index (κ1) is 61.1. The highest BCUT2D eigenvalue weighted by atomic mass is 32.1. The molecule has 2 atom stereocenters. The predicted molar refractivity (Wildman–Crippen MR) is 394 cm³/mol. The summed E-state index contributed by atoms with van der Waals surface area (Å²) in [5, 5.41) is 8.87. The Labute approximate surface area is 541 Å². The van der Waals surface area contributed by atoms with Crippen LogP contribution in [0, 0.1) is 6.92 Å². The van der Waals surface area contributed by atoms with Crippen LogP contribution in [-0.4, -0.2) is 10.7 Å². The summed E-state index contributed by atoms with van der Waals surface area (Å²) in [4.78, 5) is 0. The number of ether oxygens (including phenoxy) is 1. The number of rotatable bonds is 10. The summed E-state index contributed by atoms with van der Waals surface area (Å²) in [6.45, 7) is 16.1. The molecule has 2 N–H and O–H groups in total. The van der Waals surface area contributed by atoms with E-state index in [-0.39, 0.29) is 0 Å². The van der Waals surface area contributed by atoms with E-state index < -0.39 is 0 Å². The van der Waals surface area contributed by atoms with Crippen LogP contribution in [0.3, 0.4) is 0 Å². The fourth-order valence-electron chi connectivity index (χ4n) is 12.8. The van der Waals surface area contributed by atoms with E-state index in [0.717, 1.165) is 57.3 Å². The van der Waals surface area contributed by atoms with Crippen molar-refractivity contribution in [2.24, 2.45) is 5.14 Å². The van der Waals surface area contributed by atoms with E-state index in [1.165, 1.54) is 111 Å². The maximum atomic E-state index is 6.49. The van der Waals surface area contributed by atoms with Gasteiger partial charge in [0.2, 0.25) is 0 Å². The van der Waals surface area contributed by atoms with Crippen molar-refractivity contribution < 1.29 is 9.15 Å². The van der Waals surface area contributed by atoms with E-state index in [0.29, 0.717) is 12.0 Å². The molecule has 0 spiro atoms. The second-order valence-electron chi connectivity index (χ2n) is 23.6. The lowest BCUT2D eigenvalue weighted by molar-refractivity contribution is 0.232. The molecule has 3 heterocycles. The number of hydrogen-bond donors (Lipinski definition) is 2. The Bertz CT molecular complexity index is 4920. The van der Waals surface area contributed by atoms with Gasteiger partial charge in [-0.3, -0.25) is 5.14 Å². The van der Waals surface area contributed by atoms with E-state index in [1.54, 1.807) is 6.08 Å². The van der Waals surface area contributed by atoms with Crippen LogP contribution in [0.5, 0.6) is 5.75 Å². The number of aryl methyl sites for hydroxylation is 1. The van der Waals surface area contributed by atoms with E-state index >= 15 is 0 Å². The molecule has 1 aliphatic heterocycles. The molecular weight excluding hydrogens is 1130 g/mol. The number of thiol groups is 1. The number of nitrogens with two attached hydrogens (primary N) is 1. The molecule has 2 aromatic heterocycles. The summed E-state index contributed by atoms with van der Waals surface area (Å²) in [7, 11) is 0. The summed E-state index contributed by atoms with van der Waals surface area (Å²) in [6, 6.07) is 92.3.